The van der Waals surface area contributed by atoms with Crippen LogP contribution in [-0.4, -0.2) is 12.9 Å². The zero-order valence-corrected chi connectivity index (χ0v) is 14.0. The molecule has 3 rings (SSSR count). The number of aryl methyl sites for hydroxylation is 1. The lowest BCUT2D eigenvalue weighted by atomic mass is 10.0. The fourth-order valence-electron chi connectivity index (χ4n) is 2.53. The van der Waals surface area contributed by atoms with Gasteiger partial charge < -0.3 is 9.15 Å². The number of carbonyl (C=O) groups excluding carboxylic acids is 1. The summed E-state index contributed by atoms with van der Waals surface area (Å²) in [5.41, 5.74) is 1.74. The summed E-state index contributed by atoms with van der Waals surface area (Å²) in [5, 5.41) is 0.666. The minimum absolute atomic E-state index is 0.0100. The third-order valence-corrected chi connectivity index (χ3v) is 4.18. The fourth-order valence-corrected chi connectivity index (χ4v) is 2.75. The minimum Gasteiger partial charge on any atom is -0.497 e. The van der Waals surface area contributed by atoms with E-state index in [4.69, 9.17) is 20.8 Å². The Labute approximate surface area is 143 Å². The molecule has 0 aliphatic rings. The van der Waals surface area contributed by atoms with Crippen molar-refractivity contribution >= 4 is 28.4 Å². The van der Waals surface area contributed by atoms with Gasteiger partial charge >= 0.3 is 0 Å². The van der Waals surface area contributed by atoms with Gasteiger partial charge in [0.05, 0.1) is 17.5 Å². The molecule has 0 aliphatic carbocycles. The van der Waals surface area contributed by atoms with Crippen LogP contribution < -0.4 is 10.2 Å². The van der Waals surface area contributed by atoms with Gasteiger partial charge in [0.2, 0.25) is 5.78 Å². The van der Waals surface area contributed by atoms with Crippen LogP contribution in [0.5, 0.6) is 5.75 Å². The van der Waals surface area contributed by atoms with Crippen LogP contribution >= 0.6 is 11.6 Å². The van der Waals surface area contributed by atoms with E-state index in [1.54, 1.807) is 31.4 Å². The fraction of sp³-hybridized carbons (Fsp3) is 0.158. The molecule has 0 N–H and O–H groups in total. The van der Waals surface area contributed by atoms with E-state index in [0.29, 0.717) is 10.4 Å². The molecule has 1 heterocycles. The van der Waals surface area contributed by atoms with Gasteiger partial charge in [-0.2, -0.15) is 0 Å². The summed E-state index contributed by atoms with van der Waals surface area (Å²) in [6, 6.07) is 11.6. The molecule has 4 nitrogen and oxygen atoms in total. The number of hydrogen-bond acceptors (Lipinski definition) is 4. The normalized spacial score (nSPS) is 10.8. The van der Waals surface area contributed by atoms with Crippen LogP contribution in [0.4, 0.5) is 0 Å². The van der Waals surface area contributed by atoms with Crippen LogP contribution in [0.2, 0.25) is 5.02 Å². The molecule has 0 aliphatic heterocycles. The standard InChI is InChI=1S/C19H15ClO4/c1-11-8-13(23-2)7-6-12(11)9-17(22)18-10-16(21)14-4-3-5-15(20)19(14)24-18/h3-8,10H,9H2,1-2H3. The number of benzene rings is 2. The molecule has 0 bridgehead atoms. The Kier molecular flexibility index (Phi) is 4.40. The second kappa shape index (κ2) is 6.49. The smallest absolute Gasteiger partial charge is 0.202 e. The summed E-state index contributed by atoms with van der Waals surface area (Å²) in [5.74, 6) is 0.464. The molecule has 0 fully saturated rings. The summed E-state index contributed by atoms with van der Waals surface area (Å²) < 4.78 is 10.7. The highest BCUT2D eigenvalue weighted by molar-refractivity contribution is 6.34. The van der Waals surface area contributed by atoms with Gasteiger partial charge in [-0.1, -0.05) is 23.7 Å². The third kappa shape index (κ3) is 3.05. The number of ketones is 1. The van der Waals surface area contributed by atoms with E-state index in [0.717, 1.165) is 16.9 Å². The molecule has 122 valence electrons. The van der Waals surface area contributed by atoms with Crippen molar-refractivity contribution in [2.75, 3.05) is 7.11 Å². The molecule has 24 heavy (non-hydrogen) atoms. The highest BCUT2D eigenvalue weighted by Gasteiger charge is 2.15. The van der Waals surface area contributed by atoms with Crippen molar-refractivity contribution in [3.63, 3.8) is 0 Å². The molecular formula is C19H15ClO4. The molecule has 0 unspecified atom stereocenters. The number of hydrogen-bond donors (Lipinski definition) is 0. The van der Waals surface area contributed by atoms with E-state index in [1.165, 1.54) is 6.07 Å². The molecule has 0 amide bonds. The van der Waals surface area contributed by atoms with Gasteiger partial charge in [0.15, 0.2) is 16.8 Å². The van der Waals surface area contributed by atoms with Gasteiger partial charge in [-0.25, -0.2) is 0 Å². The van der Waals surface area contributed by atoms with E-state index >= 15 is 0 Å². The third-order valence-electron chi connectivity index (χ3n) is 3.88. The molecule has 0 spiro atoms. The summed E-state index contributed by atoms with van der Waals surface area (Å²) >= 11 is 6.07. The van der Waals surface area contributed by atoms with E-state index in [9.17, 15) is 9.59 Å². The lowest BCUT2D eigenvalue weighted by molar-refractivity contribution is 0.0966. The van der Waals surface area contributed by atoms with Crippen molar-refractivity contribution in [3.8, 4) is 5.75 Å². The van der Waals surface area contributed by atoms with Gasteiger partial charge in [-0.05, 0) is 42.3 Å². The Hall–Kier alpha value is -2.59. The Morgan fingerprint density at radius 1 is 1.21 bits per heavy atom. The average molecular weight is 343 g/mol. The minimum atomic E-state index is -0.284. The van der Waals surface area contributed by atoms with Gasteiger partial charge in [-0.15, -0.1) is 0 Å². The van der Waals surface area contributed by atoms with Crippen molar-refractivity contribution < 1.29 is 13.9 Å². The average Bonchev–Trinajstić information content (AvgIpc) is 2.57. The first-order chi connectivity index (χ1) is 11.5. The molecule has 1 aromatic heterocycles. The molecular weight excluding hydrogens is 328 g/mol. The van der Waals surface area contributed by atoms with Gasteiger partial charge in [-0.3, -0.25) is 9.59 Å². The quantitative estimate of drug-likeness (QED) is 0.667. The van der Waals surface area contributed by atoms with E-state index in [-0.39, 0.29) is 29.0 Å². The molecule has 3 aromatic rings. The topological polar surface area (TPSA) is 56.5 Å². The first-order valence-electron chi connectivity index (χ1n) is 7.38. The maximum Gasteiger partial charge on any atom is 0.202 e. The monoisotopic (exact) mass is 342 g/mol. The molecule has 5 heteroatoms. The molecule has 0 atom stereocenters. The summed E-state index contributed by atoms with van der Waals surface area (Å²) in [6.07, 6.45) is 0.134. The highest BCUT2D eigenvalue weighted by Crippen LogP contribution is 2.23. The van der Waals surface area contributed by atoms with Gasteiger partial charge in [0.25, 0.3) is 0 Å². The first-order valence-corrected chi connectivity index (χ1v) is 7.76. The van der Waals surface area contributed by atoms with Crippen LogP contribution in [0, 0.1) is 6.92 Å². The molecule has 0 radical (unpaired) electrons. The van der Waals surface area contributed by atoms with Crippen LogP contribution in [0.15, 0.2) is 51.7 Å². The summed E-state index contributed by atoms with van der Waals surface area (Å²) in [7, 11) is 1.59. The zero-order chi connectivity index (χ0) is 17.3. The Morgan fingerprint density at radius 2 is 2.00 bits per heavy atom. The number of carbonyl (C=O) groups is 1. The lowest BCUT2D eigenvalue weighted by Gasteiger charge is -2.08. The second-order valence-corrected chi connectivity index (χ2v) is 5.89. The van der Waals surface area contributed by atoms with Crippen LogP contribution in [-0.2, 0) is 6.42 Å². The maximum absolute atomic E-state index is 12.5. The zero-order valence-electron chi connectivity index (χ0n) is 13.3. The number of para-hydroxylation sites is 1. The number of halogens is 1. The molecule has 2 aromatic carbocycles. The molecule has 0 saturated carbocycles. The predicted octanol–water partition coefficient (Wildman–Crippen LogP) is 4.19. The van der Waals surface area contributed by atoms with Crippen molar-refractivity contribution in [2.45, 2.75) is 13.3 Å². The van der Waals surface area contributed by atoms with E-state index in [2.05, 4.69) is 0 Å². The Morgan fingerprint density at radius 3 is 2.71 bits per heavy atom. The highest BCUT2D eigenvalue weighted by atomic mass is 35.5. The Balaban J connectivity index is 1.97. The van der Waals surface area contributed by atoms with Crippen molar-refractivity contribution in [2.24, 2.45) is 0 Å². The lowest BCUT2D eigenvalue weighted by Crippen LogP contribution is -2.10. The van der Waals surface area contributed by atoms with E-state index in [1.807, 2.05) is 19.1 Å². The van der Waals surface area contributed by atoms with Crippen molar-refractivity contribution in [1.82, 2.24) is 0 Å². The van der Waals surface area contributed by atoms with Gasteiger partial charge in [0, 0.05) is 12.5 Å². The number of methoxy groups -OCH3 is 1. The van der Waals surface area contributed by atoms with Crippen molar-refractivity contribution in [1.29, 1.82) is 0 Å². The maximum atomic E-state index is 12.5. The van der Waals surface area contributed by atoms with Crippen LogP contribution in [0.1, 0.15) is 21.7 Å². The van der Waals surface area contributed by atoms with Crippen molar-refractivity contribution in [3.05, 3.63) is 74.6 Å². The second-order valence-electron chi connectivity index (χ2n) is 5.48. The first kappa shape index (κ1) is 16.3. The SMILES string of the molecule is COc1ccc(CC(=O)c2cc(=O)c3cccc(Cl)c3o2)c(C)c1. The summed E-state index contributed by atoms with van der Waals surface area (Å²) in [4.78, 5) is 24.7. The number of ether oxygens (including phenoxy) is 1. The van der Waals surface area contributed by atoms with Crippen LogP contribution in [0.25, 0.3) is 11.0 Å². The number of rotatable bonds is 4. The number of Topliss-reactive ketones (excluding diaryl/α,β-unsaturated/α-hetero) is 1. The molecule has 0 saturated heterocycles. The largest absolute Gasteiger partial charge is 0.497 e. The van der Waals surface area contributed by atoms with Crippen LogP contribution in [0.3, 0.4) is 0 Å². The number of fused-ring (bicyclic) bond motifs is 1. The Bertz CT molecular complexity index is 988. The van der Waals surface area contributed by atoms with Gasteiger partial charge in [0.1, 0.15) is 5.75 Å². The summed E-state index contributed by atoms with van der Waals surface area (Å²) in [6.45, 7) is 1.90. The van der Waals surface area contributed by atoms with E-state index < -0.39 is 0 Å². The predicted molar refractivity (Wildman–Crippen MR) is 93.3 cm³/mol.